The highest BCUT2D eigenvalue weighted by molar-refractivity contribution is 5.92. The predicted octanol–water partition coefficient (Wildman–Crippen LogP) is 1.44. The largest absolute Gasteiger partial charge is 0.344 e. The van der Waals surface area contributed by atoms with Crippen LogP contribution in [-0.4, -0.2) is 17.2 Å². The first-order chi connectivity index (χ1) is 5.96. The Kier molecular flexibility index (Phi) is 4.38. The number of ketones is 1. The van der Waals surface area contributed by atoms with Crippen LogP contribution in [0.3, 0.4) is 0 Å². The van der Waals surface area contributed by atoms with Crippen molar-refractivity contribution in [2.45, 2.75) is 39.2 Å². The lowest BCUT2D eigenvalue weighted by atomic mass is 9.90. The van der Waals surface area contributed by atoms with Gasteiger partial charge in [-0.3, -0.25) is 9.59 Å². The van der Waals surface area contributed by atoms with Gasteiger partial charge in [0, 0.05) is 13.3 Å². The van der Waals surface area contributed by atoms with Crippen molar-refractivity contribution in [3.63, 3.8) is 0 Å². The van der Waals surface area contributed by atoms with E-state index in [0.29, 0.717) is 12.8 Å². The van der Waals surface area contributed by atoms with E-state index < -0.39 is 5.54 Å². The van der Waals surface area contributed by atoms with Gasteiger partial charge in [0.2, 0.25) is 5.91 Å². The minimum atomic E-state index is -0.775. The summed E-state index contributed by atoms with van der Waals surface area (Å²) in [5, 5.41) is 2.65. The van der Waals surface area contributed by atoms with Gasteiger partial charge >= 0.3 is 0 Å². The van der Waals surface area contributed by atoms with Crippen molar-refractivity contribution < 1.29 is 9.59 Å². The zero-order valence-electron chi connectivity index (χ0n) is 8.52. The van der Waals surface area contributed by atoms with Crippen LogP contribution in [0.1, 0.15) is 33.6 Å². The van der Waals surface area contributed by atoms with Crippen LogP contribution in [0.15, 0.2) is 12.7 Å². The lowest BCUT2D eigenvalue weighted by molar-refractivity contribution is -0.130. The molecule has 13 heavy (non-hydrogen) atoms. The lowest BCUT2D eigenvalue weighted by Crippen LogP contribution is -2.50. The van der Waals surface area contributed by atoms with Crippen molar-refractivity contribution in [1.82, 2.24) is 5.32 Å². The summed E-state index contributed by atoms with van der Waals surface area (Å²) < 4.78 is 0. The molecule has 0 aliphatic rings. The molecule has 0 aromatic carbocycles. The van der Waals surface area contributed by atoms with E-state index in [1.54, 1.807) is 19.9 Å². The molecule has 0 aliphatic heterocycles. The average Bonchev–Trinajstić information content (AvgIpc) is 2.02. The maximum absolute atomic E-state index is 11.5. The first kappa shape index (κ1) is 11.9. The summed E-state index contributed by atoms with van der Waals surface area (Å²) in [5.74, 6) is -0.159. The number of Topliss-reactive ketones (excluding diaryl/α,β-unsaturated/α-hetero) is 1. The van der Waals surface area contributed by atoms with E-state index in [2.05, 4.69) is 11.9 Å². The zero-order valence-corrected chi connectivity index (χ0v) is 8.52. The highest BCUT2D eigenvalue weighted by atomic mass is 16.2. The van der Waals surface area contributed by atoms with Crippen molar-refractivity contribution in [2.24, 2.45) is 0 Å². The van der Waals surface area contributed by atoms with Gasteiger partial charge in [0.05, 0.1) is 5.54 Å². The van der Waals surface area contributed by atoms with Crippen LogP contribution in [0, 0.1) is 0 Å². The Labute approximate surface area is 79.2 Å². The fourth-order valence-electron chi connectivity index (χ4n) is 1.30. The van der Waals surface area contributed by atoms with Gasteiger partial charge in [-0.2, -0.15) is 0 Å². The molecule has 0 aromatic rings. The summed E-state index contributed by atoms with van der Waals surface area (Å²) in [6, 6.07) is 0. The molecule has 74 valence electrons. The van der Waals surface area contributed by atoms with E-state index in [9.17, 15) is 9.59 Å². The third kappa shape index (κ3) is 3.40. The number of amides is 1. The average molecular weight is 183 g/mol. The van der Waals surface area contributed by atoms with Crippen molar-refractivity contribution in [2.75, 3.05) is 0 Å². The molecule has 0 radical (unpaired) electrons. The van der Waals surface area contributed by atoms with Gasteiger partial charge in [0.15, 0.2) is 5.78 Å². The number of rotatable bonds is 5. The van der Waals surface area contributed by atoms with Gasteiger partial charge in [-0.05, 0) is 13.3 Å². The maximum Gasteiger partial charge on any atom is 0.217 e. The highest BCUT2D eigenvalue weighted by Gasteiger charge is 2.30. The second-order valence-corrected chi connectivity index (χ2v) is 3.28. The highest BCUT2D eigenvalue weighted by Crippen LogP contribution is 2.13. The summed E-state index contributed by atoms with van der Waals surface area (Å²) >= 11 is 0. The maximum atomic E-state index is 11.5. The normalized spacial score (nSPS) is 14.4. The van der Waals surface area contributed by atoms with E-state index in [4.69, 9.17) is 0 Å². The Morgan fingerprint density at radius 2 is 2.08 bits per heavy atom. The van der Waals surface area contributed by atoms with Crippen LogP contribution in [0.25, 0.3) is 0 Å². The zero-order chi connectivity index (χ0) is 10.5. The molecule has 0 aromatic heterocycles. The summed E-state index contributed by atoms with van der Waals surface area (Å²) in [7, 11) is 0. The molecule has 1 amide bonds. The van der Waals surface area contributed by atoms with Gasteiger partial charge in [0.1, 0.15) is 0 Å². The summed E-state index contributed by atoms with van der Waals surface area (Å²) in [6.07, 6.45) is 2.54. The van der Waals surface area contributed by atoms with Gasteiger partial charge < -0.3 is 5.32 Å². The number of nitrogens with one attached hydrogen (secondary N) is 1. The Morgan fingerprint density at radius 1 is 1.54 bits per heavy atom. The molecule has 3 heteroatoms. The van der Waals surface area contributed by atoms with Crippen LogP contribution in [0.4, 0.5) is 0 Å². The Bertz CT molecular complexity index is 223. The minimum absolute atomic E-state index is 0.0302. The molecule has 0 rings (SSSR count). The van der Waals surface area contributed by atoms with E-state index in [0.717, 1.165) is 0 Å². The van der Waals surface area contributed by atoms with Crippen molar-refractivity contribution >= 4 is 11.7 Å². The second kappa shape index (κ2) is 4.80. The standard InChI is InChI=1S/C10H17NO2/c1-5-7-10(4,9(13)6-2)11-8(3)12/h5H,1,6-7H2,2-4H3,(H,11,12). The molecular weight excluding hydrogens is 166 g/mol. The molecule has 0 saturated carbocycles. The summed E-state index contributed by atoms with van der Waals surface area (Å²) in [5.41, 5.74) is -0.775. The smallest absolute Gasteiger partial charge is 0.217 e. The monoisotopic (exact) mass is 183 g/mol. The SMILES string of the molecule is C=CCC(C)(NC(C)=O)C(=O)CC. The van der Waals surface area contributed by atoms with Crippen LogP contribution >= 0.6 is 0 Å². The molecule has 0 bridgehead atoms. The van der Waals surface area contributed by atoms with Crippen LogP contribution in [-0.2, 0) is 9.59 Å². The van der Waals surface area contributed by atoms with Gasteiger partial charge in [-0.1, -0.05) is 13.0 Å². The molecule has 0 saturated heterocycles. The summed E-state index contributed by atoms with van der Waals surface area (Å²) in [6.45, 7) is 8.48. The number of hydrogen-bond donors (Lipinski definition) is 1. The molecular formula is C10H17NO2. The quantitative estimate of drug-likeness (QED) is 0.655. The molecule has 0 spiro atoms. The van der Waals surface area contributed by atoms with Gasteiger partial charge in [0.25, 0.3) is 0 Å². The molecule has 1 atom stereocenters. The van der Waals surface area contributed by atoms with E-state index in [-0.39, 0.29) is 11.7 Å². The lowest BCUT2D eigenvalue weighted by Gasteiger charge is -2.27. The van der Waals surface area contributed by atoms with Crippen molar-refractivity contribution in [1.29, 1.82) is 0 Å². The second-order valence-electron chi connectivity index (χ2n) is 3.28. The molecule has 1 unspecified atom stereocenters. The number of carbonyl (C=O) groups excluding carboxylic acids is 2. The molecule has 0 heterocycles. The fraction of sp³-hybridized carbons (Fsp3) is 0.600. The molecule has 1 N–H and O–H groups in total. The molecule has 0 fully saturated rings. The third-order valence-electron chi connectivity index (χ3n) is 1.94. The van der Waals surface area contributed by atoms with Crippen LogP contribution < -0.4 is 5.32 Å². The number of carbonyl (C=O) groups is 2. The van der Waals surface area contributed by atoms with E-state index >= 15 is 0 Å². The van der Waals surface area contributed by atoms with Crippen LogP contribution in [0.5, 0.6) is 0 Å². The van der Waals surface area contributed by atoms with Crippen molar-refractivity contribution in [3.05, 3.63) is 12.7 Å². The Hall–Kier alpha value is -1.12. The van der Waals surface area contributed by atoms with Crippen molar-refractivity contribution in [3.8, 4) is 0 Å². The van der Waals surface area contributed by atoms with Gasteiger partial charge in [-0.25, -0.2) is 0 Å². The first-order valence-corrected chi connectivity index (χ1v) is 4.39. The Morgan fingerprint density at radius 3 is 2.38 bits per heavy atom. The summed E-state index contributed by atoms with van der Waals surface area (Å²) in [4.78, 5) is 22.4. The molecule has 0 aliphatic carbocycles. The number of hydrogen-bond acceptors (Lipinski definition) is 2. The fourth-order valence-corrected chi connectivity index (χ4v) is 1.30. The van der Waals surface area contributed by atoms with E-state index in [1.807, 2.05) is 0 Å². The van der Waals surface area contributed by atoms with Crippen LogP contribution in [0.2, 0.25) is 0 Å². The topological polar surface area (TPSA) is 46.2 Å². The Balaban J connectivity index is 4.60. The predicted molar refractivity (Wildman–Crippen MR) is 52.3 cm³/mol. The third-order valence-corrected chi connectivity index (χ3v) is 1.94. The minimum Gasteiger partial charge on any atom is -0.344 e. The molecule has 3 nitrogen and oxygen atoms in total. The van der Waals surface area contributed by atoms with Gasteiger partial charge in [-0.15, -0.1) is 6.58 Å². The van der Waals surface area contributed by atoms with E-state index in [1.165, 1.54) is 6.92 Å². The first-order valence-electron chi connectivity index (χ1n) is 4.39.